The highest BCUT2D eigenvalue weighted by atomic mass is 15.1. The minimum Gasteiger partial charge on any atom is -0.292 e. The second-order valence-electron chi connectivity index (χ2n) is 2.54. The number of hydrogen-bond acceptors (Lipinski definition) is 1. The Morgan fingerprint density at radius 2 is 2.36 bits per heavy atom. The molecule has 14 heavy (non-hydrogen) atoms. The van der Waals surface area contributed by atoms with E-state index in [0.717, 1.165) is 0 Å². The van der Waals surface area contributed by atoms with Crippen molar-refractivity contribution in [1.29, 1.82) is 0 Å². The minimum absolute atomic E-state index is 0.0556. The van der Waals surface area contributed by atoms with Crippen LogP contribution in [0.25, 0.3) is 0 Å². The van der Waals surface area contributed by atoms with E-state index in [0.29, 0.717) is 0 Å². The van der Waals surface area contributed by atoms with Crippen molar-refractivity contribution in [3.8, 4) is 12.3 Å². The van der Waals surface area contributed by atoms with E-state index in [1.165, 1.54) is 24.3 Å². The number of likely N-dealkylation sites (N-methyl/N-ethyl adjacent to an activating group) is 1. The Labute approximate surface area is 101 Å². The molecule has 0 fully saturated rings. The van der Waals surface area contributed by atoms with Gasteiger partial charge in [-0.1, -0.05) is 36.3 Å². The molecule has 1 nitrogen and oxygen atoms in total. The zero-order chi connectivity index (χ0) is 19.0. The molecule has 0 heterocycles. The summed E-state index contributed by atoms with van der Waals surface area (Å²) < 4.78 is 77.3. The number of benzene rings is 1. The molecule has 0 radical (unpaired) electrons. The molecule has 1 aromatic rings. The predicted octanol–water partition coefficient (Wildman–Crippen LogP) is 2.18. The molecule has 0 aliphatic heterocycles. The summed E-state index contributed by atoms with van der Waals surface area (Å²) in [4.78, 5) is -0.0556. The standard InChI is InChI=1S/C13H17N/c1-4-10-14(3)12(2)11-13-8-6-5-7-9-13/h1,5-9,12H,10-11H2,2-3H3/t12-/m1/s1/i2D3,3D3,10D2,11D2. The van der Waals surface area contributed by atoms with E-state index in [1.807, 2.05) is 0 Å². The van der Waals surface area contributed by atoms with Gasteiger partial charge in [-0.15, -0.1) is 6.42 Å². The fraction of sp³-hybridized carbons (Fsp3) is 0.385. The number of nitrogens with zero attached hydrogens (tertiary/aromatic N) is 1. The maximum absolute atomic E-state index is 8.23. The lowest BCUT2D eigenvalue weighted by Gasteiger charge is -2.22. The van der Waals surface area contributed by atoms with Gasteiger partial charge in [0.1, 0.15) is 0 Å². The highest BCUT2D eigenvalue weighted by Crippen LogP contribution is 2.06. The molecule has 0 spiro atoms. The van der Waals surface area contributed by atoms with E-state index in [1.54, 1.807) is 12.0 Å². The Kier molecular flexibility index (Phi) is 1.33. The average molecular weight is 197 g/mol. The van der Waals surface area contributed by atoms with Crippen LogP contribution in [0.1, 0.15) is 26.1 Å². The molecule has 0 bridgehead atoms. The molecule has 1 heteroatoms. The monoisotopic (exact) mass is 197 g/mol. The summed E-state index contributed by atoms with van der Waals surface area (Å²) in [6.45, 7) is -9.42. The summed E-state index contributed by atoms with van der Waals surface area (Å²) in [5, 5.41) is 0. The largest absolute Gasteiger partial charge is 0.292 e. The van der Waals surface area contributed by atoms with Gasteiger partial charge in [0.05, 0.1) is 9.24 Å². The maximum Gasteiger partial charge on any atom is 0.0598 e. The lowest BCUT2D eigenvalue weighted by molar-refractivity contribution is 0.287. The molecule has 1 rings (SSSR count). The Hall–Kier alpha value is -1.26. The molecule has 1 atom stereocenters. The van der Waals surface area contributed by atoms with E-state index < -0.39 is 32.7 Å². The third kappa shape index (κ3) is 3.24. The Morgan fingerprint density at radius 1 is 1.57 bits per heavy atom. The van der Waals surface area contributed by atoms with Crippen molar-refractivity contribution >= 4 is 0 Å². The molecule has 0 aliphatic rings. The van der Waals surface area contributed by atoms with Gasteiger partial charge in [-0.2, -0.15) is 0 Å². The normalized spacial score (nSPS) is 26.9. The Bertz CT molecular complexity index is 596. The zero-order valence-corrected chi connectivity index (χ0v) is 7.49. The molecule has 0 aromatic heterocycles. The van der Waals surface area contributed by atoms with Gasteiger partial charge in [0.2, 0.25) is 0 Å². The predicted molar refractivity (Wildman–Crippen MR) is 61.1 cm³/mol. The highest BCUT2D eigenvalue weighted by Gasteiger charge is 2.07. The van der Waals surface area contributed by atoms with Gasteiger partial charge >= 0.3 is 0 Å². The molecule has 1 aromatic carbocycles. The Balaban J connectivity index is 3.65. The van der Waals surface area contributed by atoms with Crippen LogP contribution < -0.4 is 0 Å². The van der Waals surface area contributed by atoms with Crippen molar-refractivity contribution in [3.05, 3.63) is 35.9 Å². The number of hydrogen-bond donors (Lipinski definition) is 0. The molecule has 0 saturated carbocycles. The summed E-state index contributed by atoms with van der Waals surface area (Å²) in [5.74, 6) is 1.61. The first-order chi connectivity index (χ1) is 10.7. The third-order valence-electron chi connectivity index (χ3n) is 1.52. The van der Waals surface area contributed by atoms with Gasteiger partial charge in [-0.3, -0.25) is 4.90 Å². The topological polar surface area (TPSA) is 3.24 Å². The van der Waals surface area contributed by atoms with Crippen LogP contribution in [-0.2, 0) is 6.37 Å². The van der Waals surface area contributed by atoms with Gasteiger partial charge in [0, 0.05) is 17.0 Å². The van der Waals surface area contributed by atoms with E-state index in [2.05, 4.69) is 0 Å². The van der Waals surface area contributed by atoms with Crippen molar-refractivity contribution in [2.45, 2.75) is 19.3 Å². The molecule has 0 amide bonds. The van der Waals surface area contributed by atoms with Gasteiger partial charge < -0.3 is 0 Å². The molecular weight excluding hydrogens is 170 g/mol. The molecule has 0 N–H and O–H groups in total. The van der Waals surface area contributed by atoms with Crippen LogP contribution >= 0.6 is 0 Å². The SMILES string of the molecule is [2H]C([2H])([2H])[C@@H](N(C([2H])([2H])[2H])C([2H])([2H])C#C)C([2H])([2H])c1ccccc1. The number of rotatable bonds is 4. The van der Waals surface area contributed by atoms with Crippen LogP contribution in [0.15, 0.2) is 30.3 Å². The second kappa shape index (κ2) is 5.47. The van der Waals surface area contributed by atoms with Crippen molar-refractivity contribution in [2.24, 2.45) is 0 Å². The van der Waals surface area contributed by atoms with Gasteiger partial charge in [0.15, 0.2) is 0 Å². The van der Waals surface area contributed by atoms with Crippen LogP contribution in [0.4, 0.5) is 0 Å². The lowest BCUT2D eigenvalue weighted by Crippen LogP contribution is -2.31. The highest BCUT2D eigenvalue weighted by molar-refractivity contribution is 5.15. The smallest absolute Gasteiger partial charge is 0.0598 e. The van der Waals surface area contributed by atoms with Crippen molar-refractivity contribution in [3.63, 3.8) is 0 Å². The molecule has 74 valence electrons. The molecular formula is C13H17N. The quantitative estimate of drug-likeness (QED) is 0.669. The van der Waals surface area contributed by atoms with Gasteiger partial charge in [-0.05, 0) is 25.8 Å². The zero-order valence-electron chi connectivity index (χ0n) is 17.5. The first kappa shape index (κ1) is 3.40. The molecule has 0 unspecified atom stereocenters. The molecule has 0 aliphatic carbocycles. The fourth-order valence-corrected chi connectivity index (χ4v) is 0.891. The summed E-state index contributed by atoms with van der Waals surface area (Å²) in [6, 6.07) is 4.82. The number of terminal acetylenes is 1. The second-order valence-corrected chi connectivity index (χ2v) is 2.54. The average Bonchev–Trinajstić information content (AvgIpc) is 2.42. The fourth-order valence-electron chi connectivity index (χ4n) is 0.891. The van der Waals surface area contributed by atoms with E-state index >= 15 is 0 Å². The van der Waals surface area contributed by atoms with Crippen molar-refractivity contribution in [2.75, 3.05) is 13.5 Å². The van der Waals surface area contributed by atoms with Crippen LogP contribution in [0, 0.1) is 12.3 Å². The van der Waals surface area contributed by atoms with Crippen LogP contribution in [0.5, 0.6) is 0 Å². The first-order valence-corrected chi connectivity index (χ1v) is 3.98. The van der Waals surface area contributed by atoms with E-state index in [-0.39, 0.29) is 10.5 Å². The van der Waals surface area contributed by atoms with Gasteiger partial charge in [-0.25, -0.2) is 0 Å². The van der Waals surface area contributed by atoms with Gasteiger partial charge in [0.25, 0.3) is 0 Å². The van der Waals surface area contributed by atoms with Crippen LogP contribution in [0.2, 0.25) is 0 Å². The van der Waals surface area contributed by atoms with E-state index in [4.69, 9.17) is 20.1 Å². The van der Waals surface area contributed by atoms with Crippen molar-refractivity contribution < 1.29 is 13.7 Å². The van der Waals surface area contributed by atoms with E-state index in [9.17, 15) is 0 Å². The first-order valence-electron chi connectivity index (χ1n) is 8.98. The van der Waals surface area contributed by atoms with Crippen LogP contribution in [0.3, 0.4) is 0 Å². The summed E-state index contributed by atoms with van der Waals surface area (Å²) in [6.07, 6.45) is 2.34. The third-order valence-corrected chi connectivity index (χ3v) is 1.52. The lowest BCUT2D eigenvalue weighted by atomic mass is 10.1. The van der Waals surface area contributed by atoms with Crippen molar-refractivity contribution in [1.82, 2.24) is 4.90 Å². The summed E-state index contributed by atoms with van der Waals surface area (Å²) in [7, 11) is 0. The Morgan fingerprint density at radius 3 is 2.93 bits per heavy atom. The van der Waals surface area contributed by atoms with Crippen LogP contribution in [-0.4, -0.2) is 24.4 Å². The minimum atomic E-state index is -3.27. The molecule has 0 saturated heterocycles. The maximum atomic E-state index is 8.23. The summed E-state index contributed by atoms with van der Waals surface area (Å²) in [5.41, 5.74) is -0.0896. The summed E-state index contributed by atoms with van der Waals surface area (Å²) >= 11 is 0.